The van der Waals surface area contributed by atoms with E-state index in [1.54, 1.807) is 0 Å². The summed E-state index contributed by atoms with van der Waals surface area (Å²) in [4.78, 5) is 13.3. The van der Waals surface area contributed by atoms with Crippen LogP contribution >= 0.6 is 0 Å². The van der Waals surface area contributed by atoms with Crippen molar-refractivity contribution in [3.63, 3.8) is 0 Å². The van der Waals surface area contributed by atoms with E-state index in [0.717, 1.165) is 25.8 Å². The largest absolute Gasteiger partial charge is 0.478 e. The van der Waals surface area contributed by atoms with Gasteiger partial charge in [-0.2, -0.15) is 0 Å². The van der Waals surface area contributed by atoms with Gasteiger partial charge in [0.05, 0.1) is 11.4 Å². The highest BCUT2D eigenvalue weighted by atomic mass is 19.1. The molecule has 98 valence electrons. The van der Waals surface area contributed by atoms with Crippen LogP contribution in [0.15, 0.2) is 12.1 Å². The molecule has 0 heterocycles. The van der Waals surface area contributed by atoms with Gasteiger partial charge in [0.25, 0.3) is 0 Å². The summed E-state index contributed by atoms with van der Waals surface area (Å²) >= 11 is 0. The minimum atomic E-state index is -1.18. The molecular weight excluding hydrogens is 235 g/mol. The van der Waals surface area contributed by atoms with Crippen LogP contribution in [0.3, 0.4) is 0 Å². The fourth-order valence-corrected chi connectivity index (χ4v) is 2.17. The third-order valence-electron chi connectivity index (χ3n) is 3.15. The van der Waals surface area contributed by atoms with E-state index in [-0.39, 0.29) is 11.3 Å². The first-order chi connectivity index (χ1) is 8.56. The maximum atomic E-state index is 13.4. The number of rotatable bonds is 5. The van der Waals surface area contributed by atoms with Crippen LogP contribution in [0.2, 0.25) is 0 Å². The normalized spacial score (nSPS) is 14.6. The molecule has 1 aromatic rings. The van der Waals surface area contributed by atoms with Crippen LogP contribution in [-0.4, -0.2) is 23.7 Å². The first kappa shape index (κ1) is 12.7. The van der Waals surface area contributed by atoms with E-state index in [2.05, 4.69) is 0 Å². The Labute approximate surface area is 105 Å². The molecule has 1 aliphatic rings. The minimum absolute atomic E-state index is 0.115. The van der Waals surface area contributed by atoms with Gasteiger partial charge in [0.1, 0.15) is 11.4 Å². The molecule has 1 aliphatic carbocycles. The lowest BCUT2D eigenvalue weighted by Gasteiger charge is -2.26. The van der Waals surface area contributed by atoms with Crippen molar-refractivity contribution in [2.75, 3.05) is 17.2 Å². The molecule has 1 aromatic carbocycles. The van der Waals surface area contributed by atoms with E-state index in [9.17, 15) is 14.3 Å². The van der Waals surface area contributed by atoms with Crippen LogP contribution in [0.1, 0.15) is 36.5 Å². The van der Waals surface area contributed by atoms with Gasteiger partial charge in [0.2, 0.25) is 0 Å². The van der Waals surface area contributed by atoms with Crippen molar-refractivity contribution < 1.29 is 14.3 Å². The molecule has 0 spiro atoms. The predicted molar refractivity (Wildman–Crippen MR) is 68.4 cm³/mol. The second-order valence-corrected chi connectivity index (χ2v) is 4.58. The zero-order valence-corrected chi connectivity index (χ0v) is 10.3. The zero-order chi connectivity index (χ0) is 13.3. The average Bonchev–Trinajstić information content (AvgIpc) is 3.13. The third-order valence-corrected chi connectivity index (χ3v) is 3.15. The number of nitrogen functional groups attached to an aromatic ring is 1. The molecule has 0 amide bonds. The molecule has 0 aromatic heterocycles. The summed E-state index contributed by atoms with van der Waals surface area (Å²) in [7, 11) is 0. The van der Waals surface area contributed by atoms with E-state index in [1.807, 2.05) is 11.8 Å². The molecule has 0 bridgehead atoms. The number of carboxylic acids is 1. The Balaban J connectivity index is 2.47. The molecule has 0 aliphatic heterocycles. The lowest BCUT2D eigenvalue weighted by Crippen LogP contribution is -2.28. The first-order valence-corrected chi connectivity index (χ1v) is 6.14. The fraction of sp³-hybridized carbons (Fsp3) is 0.462. The number of hydrogen-bond donors (Lipinski definition) is 2. The highest BCUT2D eigenvalue weighted by Gasteiger charge is 2.32. The molecule has 1 saturated carbocycles. The summed E-state index contributed by atoms with van der Waals surface area (Å²) in [5, 5.41) is 9.22. The quantitative estimate of drug-likeness (QED) is 0.790. The van der Waals surface area contributed by atoms with Crippen molar-refractivity contribution >= 4 is 17.3 Å². The number of aromatic carboxylic acids is 1. The molecule has 0 atom stereocenters. The molecule has 18 heavy (non-hydrogen) atoms. The van der Waals surface area contributed by atoms with Crippen LogP contribution in [0.4, 0.5) is 15.8 Å². The SMILES string of the molecule is CCCN(c1ccc(F)c(N)c1C(=O)O)C1CC1. The van der Waals surface area contributed by atoms with Gasteiger partial charge in [-0.15, -0.1) is 0 Å². The van der Waals surface area contributed by atoms with Gasteiger partial charge in [-0.3, -0.25) is 0 Å². The van der Waals surface area contributed by atoms with E-state index in [1.165, 1.54) is 12.1 Å². The molecule has 5 heteroatoms. The topological polar surface area (TPSA) is 66.6 Å². The summed E-state index contributed by atoms with van der Waals surface area (Å²) < 4.78 is 13.4. The Kier molecular flexibility index (Phi) is 3.41. The van der Waals surface area contributed by atoms with Crippen LogP contribution in [0.5, 0.6) is 0 Å². The number of carboxylic acid groups (broad SMARTS) is 1. The summed E-state index contributed by atoms with van der Waals surface area (Å²) in [5.41, 5.74) is 5.70. The summed E-state index contributed by atoms with van der Waals surface area (Å²) in [6.45, 7) is 2.79. The maximum Gasteiger partial charge on any atom is 0.340 e. The molecule has 0 unspecified atom stereocenters. The van der Waals surface area contributed by atoms with Crippen molar-refractivity contribution in [1.82, 2.24) is 0 Å². The Morgan fingerprint density at radius 2 is 2.22 bits per heavy atom. The minimum Gasteiger partial charge on any atom is -0.478 e. The Morgan fingerprint density at radius 3 is 2.72 bits per heavy atom. The van der Waals surface area contributed by atoms with Crippen molar-refractivity contribution in [2.45, 2.75) is 32.2 Å². The highest BCUT2D eigenvalue weighted by Crippen LogP contribution is 2.36. The number of hydrogen-bond acceptors (Lipinski definition) is 3. The van der Waals surface area contributed by atoms with E-state index in [0.29, 0.717) is 11.7 Å². The van der Waals surface area contributed by atoms with Gasteiger partial charge in [-0.25, -0.2) is 9.18 Å². The maximum absolute atomic E-state index is 13.4. The molecule has 0 saturated heterocycles. The van der Waals surface area contributed by atoms with Crippen molar-refractivity contribution in [2.24, 2.45) is 0 Å². The number of carbonyl (C=O) groups is 1. The lowest BCUT2D eigenvalue weighted by atomic mass is 10.1. The van der Waals surface area contributed by atoms with Gasteiger partial charge < -0.3 is 15.7 Å². The molecule has 2 rings (SSSR count). The van der Waals surface area contributed by atoms with Crippen LogP contribution in [-0.2, 0) is 0 Å². The zero-order valence-electron chi connectivity index (χ0n) is 10.3. The Bertz CT molecular complexity index is 472. The summed E-state index contributed by atoms with van der Waals surface area (Å²) in [6.07, 6.45) is 3.01. The number of halogens is 1. The van der Waals surface area contributed by atoms with Gasteiger partial charge in [0.15, 0.2) is 0 Å². The smallest absolute Gasteiger partial charge is 0.340 e. The molecule has 4 nitrogen and oxygen atoms in total. The van der Waals surface area contributed by atoms with Crippen LogP contribution in [0, 0.1) is 5.82 Å². The van der Waals surface area contributed by atoms with E-state index in [4.69, 9.17) is 5.73 Å². The van der Waals surface area contributed by atoms with Gasteiger partial charge in [-0.05, 0) is 31.4 Å². The second-order valence-electron chi connectivity index (χ2n) is 4.58. The van der Waals surface area contributed by atoms with Crippen molar-refractivity contribution in [3.8, 4) is 0 Å². The van der Waals surface area contributed by atoms with Crippen LogP contribution in [0.25, 0.3) is 0 Å². The van der Waals surface area contributed by atoms with Crippen LogP contribution < -0.4 is 10.6 Å². The van der Waals surface area contributed by atoms with Gasteiger partial charge in [0, 0.05) is 12.6 Å². The number of benzene rings is 1. The van der Waals surface area contributed by atoms with Gasteiger partial charge in [-0.1, -0.05) is 6.92 Å². The molecule has 1 fully saturated rings. The Hall–Kier alpha value is -1.78. The number of nitrogens with zero attached hydrogens (tertiary/aromatic N) is 1. The average molecular weight is 252 g/mol. The first-order valence-electron chi connectivity index (χ1n) is 6.14. The van der Waals surface area contributed by atoms with E-state index < -0.39 is 11.8 Å². The monoisotopic (exact) mass is 252 g/mol. The molecule has 0 radical (unpaired) electrons. The summed E-state index contributed by atoms with van der Waals surface area (Å²) in [5.74, 6) is -1.85. The predicted octanol–water partition coefficient (Wildman–Crippen LogP) is 2.48. The second kappa shape index (κ2) is 4.84. The fourth-order valence-electron chi connectivity index (χ4n) is 2.17. The third kappa shape index (κ3) is 2.25. The number of anilines is 2. The summed E-state index contributed by atoms with van der Waals surface area (Å²) in [6, 6.07) is 3.12. The molecule has 3 N–H and O–H groups in total. The van der Waals surface area contributed by atoms with E-state index >= 15 is 0 Å². The van der Waals surface area contributed by atoms with Gasteiger partial charge >= 0.3 is 5.97 Å². The standard InChI is InChI=1S/C13H17FN2O2/c1-2-7-16(8-3-4-8)10-6-5-9(14)12(15)11(10)13(17)18/h5-6,8H,2-4,7,15H2,1H3,(H,17,18). The highest BCUT2D eigenvalue weighted by molar-refractivity contribution is 6.00. The lowest BCUT2D eigenvalue weighted by molar-refractivity contribution is 0.0698. The molecular formula is C13H17FN2O2. The van der Waals surface area contributed by atoms with Crippen molar-refractivity contribution in [1.29, 1.82) is 0 Å². The van der Waals surface area contributed by atoms with Crippen molar-refractivity contribution in [3.05, 3.63) is 23.5 Å². The Morgan fingerprint density at radius 1 is 1.56 bits per heavy atom. The number of nitrogens with two attached hydrogens (primary N) is 1.